The first-order chi connectivity index (χ1) is 9.49. The minimum Gasteiger partial charge on any atom is -0.481 e. The Balaban J connectivity index is 1.95. The topological polar surface area (TPSA) is 86.7 Å². The molecule has 1 saturated heterocycles. The summed E-state index contributed by atoms with van der Waals surface area (Å²) in [6.07, 6.45) is 3.78. The Hall–Kier alpha value is -1.59. The molecule has 1 aliphatic heterocycles. The maximum Gasteiger partial charge on any atom is 0.303 e. The van der Waals surface area contributed by atoms with E-state index in [0.717, 1.165) is 12.8 Å². The van der Waals surface area contributed by atoms with Gasteiger partial charge in [0.1, 0.15) is 5.41 Å². The lowest BCUT2D eigenvalue weighted by Crippen LogP contribution is -2.44. The normalized spacial score (nSPS) is 24.6. The quantitative estimate of drug-likeness (QED) is 0.740. The third kappa shape index (κ3) is 2.94. The summed E-state index contributed by atoms with van der Waals surface area (Å²) in [5.74, 6) is -0.902. The van der Waals surface area contributed by atoms with Crippen LogP contribution in [0.2, 0.25) is 0 Å². The van der Waals surface area contributed by atoms with Crippen LogP contribution < -0.4 is 5.32 Å². The van der Waals surface area contributed by atoms with Gasteiger partial charge >= 0.3 is 5.97 Å². The Kier molecular flexibility index (Phi) is 4.30. The van der Waals surface area contributed by atoms with E-state index in [1.165, 1.54) is 0 Å². The average Bonchev–Trinajstić information content (AvgIpc) is 3.21. The number of nitrogens with one attached hydrogen (secondary N) is 1. The van der Waals surface area contributed by atoms with E-state index in [1.54, 1.807) is 11.9 Å². The molecule has 1 saturated carbocycles. The molecule has 0 bridgehead atoms. The summed E-state index contributed by atoms with van der Waals surface area (Å²) in [6.45, 7) is 1.20. The molecule has 0 radical (unpaired) electrons. The molecule has 0 aromatic rings. The largest absolute Gasteiger partial charge is 0.481 e. The highest BCUT2D eigenvalue weighted by Crippen LogP contribution is 2.47. The first-order valence-electron chi connectivity index (χ1n) is 7.23. The molecule has 2 amide bonds. The zero-order chi connectivity index (χ0) is 14.8. The lowest BCUT2D eigenvalue weighted by Gasteiger charge is -2.25. The van der Waals surface area contributed by atoms with E-state index in [9.17, 15) is 14.4 Å². The third-order valence-corrected chi connectivity index (χ3v) is 4.42. The Morgan fingerprint density at radius 3 is 2.50 bits per heavy atom. The molecular weight excluding hydrogens is 260 g/mol. The summed E-state index contributed by atoms with van der Waals surface area (Å²) in [4.78, 5) is 36.9. The number of carboxylic acid groups (broad SMARTS) is 1. The van der Waals surface area contributed by atoms with E-state index in [2.05, 4.69) is 5.32 Å². The van der Waals surface area contributed by atoms with Crippen LogP contribution in [0.25, 0.3) is 0 Å². The van der Waals surface area contributed by atoms with Gasteiger partial charge in [0.2, 0.25) is 11.8 Å². The summed E-state index contributed by atoms with van der Waals surface area (Å²) in [5.41, 5.74) is -0.832. The summed E-state index contributed by atoms with van der Waals surface area (Å²) in [6, 6.07) is 0. The minimum absolute atomic E-state index is 0.0761. The fourth-order valence-corrected chi connectivity index (χ4v) is 3.02. The van der Waals surface area contributed by atoms with Crippen molar-refractivity contribution >= 4 is 17.8 Å². The highest BCUT2D eigenvalue weighted by atomic mass is 16.4. The van der Waals surface area contributed by atoms with E-state index < -0.39 is 11.4 Å². The van der Waals surface area contributed by atoms with Gasteiger partial charge in [-0.3, -0.25) is 14.4 Å². The summed E-state index contributed by atoms with van der Waals surface area (Å²) in [7, 11) is 1.56. The van der Waals surface area contributed by atoms with Gasteiger partial charge in [0.15, 0.2) is 0 Å². The van der Waals surface area contributed by atoms with Crippen LogP contribution in [-0.2, 0) is 14.4 Å². The zero-order valence-corrected chi connectivity index (χ0v) is 11.9. The maximum absolute atomic E-state index is 12.5. The van der Waals surface area contributed by atoms with Gasteiger partial charge in [-0.1, -0.05) is 0 Å². The monoisotopic (exact) mass is 282 g/mol. The highest BCUT2D eigenvalue weighted by molar-refractivity contribution is 6.07. The van der Waals surface area contributed by atoms with E-state index in [4.69, 9.17) is 5.11 Å². The fraction of sp³-hybridized carbons (Fsp3) is 0.786. The molecule has 0 aromatic carbocycles. The lowest BCUT2D eigenvalue weighted by atomic mass is 9.97. The average molecular weight is 282 g/mol. The molecule has 0 aromatic heterocycles. The lowest BCUT2D eigenvalue weighted by molar-refractivity contribution is -0.144. The number of carbonyl (C=O) groups excluding carboxylic acids is 2. The molecule has 2 aliphatic rings. The number of amides is 2. The predicted molar refractivity (Wildman–Crippen MR) is 71.9 cm³/mol. The molecule has 2 N–H and O–H groups in total. The summed E-state index contributed by atoms with van der Waals surface area (Å²) >= 11 is 0. The van der Waals surface area contributed by atoms with Crippen LogP contribution in [0.5, 0.6) is 0 Å². The van der Waals surface area contributed by atoms with Crippen molar-refractivity contribution in [2.75, 3.05) is 20.1 Å². The molecule has 6 nitrogen and oxygen atoms in total. The zero-order valence-electron chi connectivity index (χ0n) is 11.9. The van der Waals surface area contributed by atoms with Crippen molar-refractivity contribution in [2.45, 2.75) is 38.5 Å². The van der Waals surface area contributed by atoms with Gasteiger partial charge < -0.3 is 15.3 Å². The molecule has 2 fully saturated rings. The van der Waals surface area contributed by atoms with Gasteiger partial charge in [0.05, 0.1) is 0 Å². The van der Waals surface area contributed by atoms with E-state index in [-0.39, 0.29) is 24.2 Å². The number of rotatable bonds is 4. The highest BCUT2D eigenvalue weighted by Gasteiger charge is 2.57. The van der Waals surface area contributed by atoms with Crippen LogP contribution in [0, 0.1) is 11.3 Å². The second-order valence-corrected chi connectivity index (χ2v) is 5.85. The Bertz CT molecular complexity index is 417. The Morgan fingerprint density at radius 2 is 1.95 bits per heavy atom. The summed E-state index contributed by atoms with van der Waals surface area (Å²) in [5, 5.41) is 11.4. The second-order valence-electron chi connectivity index (χ2n) is 5.85. The van der Waals surface area contributed by atoms with Crippen molar-refractivity contribution in [3.05, 3.63) is 0 Å². The van der Waals surface area contributed by atoms with Crippen molar-refractivity contribution in [1.82, 2.24) is 10.2 Å². The number of carboxylic acids is 1. The van der Waals surface area contributed by atoms with Gasteiger partial charge in [-0.2, -0.15) is 0 Å². The molecule has 2 rings (SSSR count). The molecular formula is C14H22N2O4. The number of nitrogens with zero attached hydrogens (tertiary/aromatic N) is 1. The third-order valence-electron chi connectivity index (χ3n) is 4.42. The van der Waals surface area contributed by atoms with Gasteiger partial charge in [-0.15, -0.1) is 0 Å². The SMILES string of the molecule is CNC(=O)C1(C(=O)N2CCC[C@@H](CC(=O)O)CC2)CC1. The first-order valence-corrected chi connectivity index (χ1v) is 7.23. The van der Waals surface area contributed by atoms with E-state index in [1.807, 2.05) is 0 Å². The van der Waals surface area contributed by atoms with E-state index in [0.29, 0.717) is 32.4 Å². The van der Waals surface area contributed by atoms with Crippen molar-refractivity contribution in [3.63, 3.8) is 0 Å². The second kappa shape index (κ2) is 5.81. The molecule has 1 atom stereocenters. The molecule has 112 valence electrons. The molecule has 20 heavy (non-hydrogen) atoms. The molecule has 1 heterocycles. The van der Waals surface area contributed by atoms with Crippen LogP contribution in [0.4, 0.5) is 0 Å². The Morgan fingerprint density at radius 1 is 1.25 bits per heavy atom. The summed E-state index contributed by atoms with van der Waals surface area (Å²) < 4.78 is 0. The molecule has 1 aliphatic carbocycles. The number of carbonyl (C=O) groups is 3. The number of likely N-dealkylation sites (tertiary alicyclic amines) is 1. The van der Waals surface area contributed by atoms with Gasteiger partial charge in [-0.05, 0) is 38.0 Å². The van der Waals surface area contributed by atoms with Crippen LogP contribution in [-0.4, -0.2) is 47.9 Å². The molecule has 0 unspecified atom stereocenters. The van der Waals surface area contributed by atoms with Crippen molar-refractivity contribution in [1.29, 1.82) is 0 Å². The minimum atomic E-state index is -0.832. The standard InChI is InChI=1S/C14H22N2O4/c1-15-12(19)14(5-6-14)13(20)16-7-2-3-10(4-8-16)9-11(17)18/h10H,2-9H2,1H3,(H,15,19)(H,17,18)/t10-/m1/s1. The van der Waals surface area contributed by atoms with Gasteiger partial charge in [0, 0.05) is 26.6 Å². The number of hydrogen-bond donors (Lipinski definition) is 2. The molecule has 6 heteroatoms. The van der Waals surface area contributed by atoms with Gasteiger partial charge in [-0.25, -0.2) is 0 Å². The van der Waals surface area contributed by atoms with Crippen molar-refractivity contribution in [2.24, 2.45) is 11.3 Å². The van der Waals surface area contributed by atoms with Crippen LogP contribution in [0.3, 0.4) is 0 Å². The molecule has 0 spiro atoms. The number of aliphatic carboxylic acids is 1. The number of hydrogen-bond acceptors (Lipinski definition) is 3. The fourth-order valence-electron chi connectivity index (χ4n) is 3.02. The van der Waals surface area contributed by atoms with Crippen LogP contribution in [0.1, 0.15) is 38.5 Å². The van der Waals surface area contributed by atoms with E-state index >= 15 is 0 Å². The first kappa shape index (κ1) is 14.8. The predicted octanol–water partition coefficient (Wildman–Crippen LogP) is 0.616. The Labute approximate surface area is 118 Å². The van der Waals surface area contributed by atoms with Gasteiger partial charge in [0.25, 0.3) is 0 Å². The van der Waals surface area contributed by atoms with Crippen LogP contribution >= 0.6 is 0 Å². The van der Waals surface area contributed by atoms with Crippen molar-refractivity contribution < 1.29 is 19.5 Å². The van der Waals surface area contributed by atoms with Crippen LogP contribution in [0.15, 0.2) is 0 Å². The maximum atomic E-state index is 12.5. The smallest absolute Gasteiger partial charge is 0.303 e. The van der Waals surface area contributed by atoms with Crippen molar-refractivity contribution in [3.8, 4) is 0 Å².